The Kier molecular flexibility index (Phi) is 3.15. The number of rotatable bonds is 3. The first-order valence-electron chi connectivity index (χ1n) is 4.52. The number of nitrogens with two attached hydrogens (primary N) is 1. The molecule has 0 aromatic carbocycles. The minimum absolute atomic E-state index is 0.00553. The molecule has 0 spiro atoms. The van der Waals surface area contributed by atoms with E-state index in [4.69, 9.17) is 5.73 Å². The van der Waals surface area contributed by atoms with Gasteiger partial charge in [0.25, 0.3) is 0 Å². The van der Waals surface area contributed by atoms with Gasteiger partial charge in [0.1, 0.15) is 11.2 Å². The molecule has 2 heterocycles. The molecule has 0 saturated heterocycles. The first-order chi connectivity index (χ1) is 8.16. The molecule has 0 aliphatic rings. The molecule has 0 atom stereocenters. The highest BCUT2D eigenvalue weighted by atomic mass is 32.2. The van der Waals surface area contributed by atoms with Gasteiger partial charge in [-0.3, -0.25) is 10.1 Å². The summed E-state index contributed by atoms with van der Waals surface area (Å²) in [6, 6.07) is 5.27. The Labute approximate surface area is 100 Å². The maximum absolute atomic E-state index is 10.8. The van der Waals surface area contributed by atoms with Crippen molar-refractivity contribution in [2.45, 2.75) is 10.1 Å². The molecule has 2 aromatic heterocycles. The minimum Gasteiger partial charge on any atom is -0.368 e. The monoisotopic (exact) mass is 249 g/mol. The first kappa shape index (κ1) is 11.3. The lowest BCUT2D eigenvalue weighted by Gasteiger charge is -2.01. The molecule has 0 bridgehead atoms. The van der Waals surface area contributed by atoms with Crippen LogP contribution in [0.4, 0.5) is 11.6 Å². The van der Waals surface area contributed by atoms with E-state index in [1.54, 1.807) is 24.4 Å². The smallest absolute Gasteiger partial charge is 0.320 e. The molecule has 86 valence electrons. The lowest BCUT2D eigenvalue weighted by atomic mass is 10.5. The average Bonchev–Trinajstić information content (AvgIpc) is 2.30. The van der Waals surface area contributed by atoms with Gasteiger partial charge < -0.3 is 5.73 Å². The van der Waals surface area contributed by atoms with Gasteiger partial charge >= 0.3 is 5.69 Å². The van der Waals surface area contributed by atoms with E-state index in [0.717, 1.165) is 18.0 Å². The summed E-state index contributed by atoms with van der Waals surface area (Å²) in [6.45, 7) is 0. The Hall–Kier alpha value is -2.22. The van der Waals surface area contributed by atoms with Crippen molar-refractivity contribution in [2.24, 2.45) is 0 Å². The zero-order chi connectivity index (χ0) is 12.3. The topological polar surface area (TPSA) is 108 Å². The molecular formula is C9H7N5O2S. The van der Waals surface area contributed by atoms with Gasteiger partial charge in [-0.05, 0) is 23.9 Å². The Bertz CT molecular complexity index is 548. The molecule has 0 radical (unpaired) electrons. The molecule has 8 heteroatoms. The summed E-state index contributed by atoms with van der Waals surface area (Å²) in [5, 5.41) is 11.6. The summed E-state index contributed by atoms with van der Waals surface area (Å²) < 4.78 is 0. The first-order valence-corrected chi connectivity index (χ1v) is 5.34. The lowest BCUT2D eigenvalue weighted by Crippen LogP contribution is -2.00. The lowest BCUT2D eigenvalue weighted by molar-refractivity contribution is -0.388. The third kappa shape index (κ3) is 2.67. The van der Waals surface area contributed by atoms with E-state index in [9.17, 15) is 10.1 Å². The van der Waals surface area contributed by atoms with Crippen LogP contribution in [0.5, 0.6) is 0 Å². The van der Waals surface area contributed by atoms with Gasteiger partial charge in [0.15, 0.2) is 5.03 Å². The summed E-state index contributed by atoms with van der Waals surface area (Å²) in [7, 11) is 0. The van der Waals surface area contributed by atoms with Crippen molar-refractivity contribution in [3.8, 4) is 0 Å². The molecular weight excluding hydrogens is 242 g/mol. The summed E-state index contributed by atoms with van der Waals surface area (Å²) in [5.41, 5.74) is 5.22. The van der Waals surface area contributed by atoms with Crippen molar-refractivity contribution in [3.05, 3.63) is 40.7 Å². The van der Waals surface area contributed by atoms with Crippen molar-refractivity contribution in [3.63, 3.8) is 0 Å². The Morgan fingerprint density at radius 3 is 2.82 bits per heavy atom. The minimum atomic E-state index is -0.551. The fourth-order valence-corrected chi connectivity index (χ4v) is 1.91. The second-order valence-corrected chi connectivity index (χ2v) is 3.95. The quantitative estimate of drug-likeness (QED) is 0.499. The van der Waals surface area contributed by atoms with Crippen molar-refractivity contribution in [1.82, 2.24) is 15.0 Å². The van der Waals surface area contributed by atoms with Crippen LogP contribution < -0.4 is 5.73 Å². The van der Waals surface area contributed by atoms with Crippen LogP contribution in [0.1, 0.15) is 0 Å². The predicted molar refractivity (Wildman–Crippen MR) is 61.5 cm³/mol. The molecule has 0 fully saturated rings. The van der Waals surface area contributed by atoms with Gasteiger partial charge in [0.2, 0.25) is 5.95 Å². The maximum Gasteiger partial charge on any atom is 0.320 e. The molecule has 0 aliphatic heterocycles. The normalized spacial score (nSPS) is 10.1. The van der Waals surface area contributed by atoms with Crippen LogP contribution >= 0.6 is 11.8 Å². The van der Waals surface area contributed by atoms with Crippen molar-refractivity contribution >= 4 is 23.4 Å². The van der Waals surface area contributed by atoms with Crippen LogP contribution in [0.15, 0.2) is 40.6 Å². The average molecular weight is 249 g/mol. The van der Waals surface area contributed by atoms with E-state index in [2.05, 4.69) is 15.0 Å². The number of nitro groups is 1. The van der Waals surface area contributed by atoms with Crippen molar-refractivity contribution in [2.75, 3.05) is 5.73 Å². The standard InChI is InChI=1S/C9H7N5O2S/c10-9-12-5-6(14(15)16)8(13-9)17-7-3-1-2-4-11-7/h1-5H,(H2,10,12,13). The highest BCUT2D eigenvalue weighted by Crippen LogP contribution is 2.31. The maximum atomic E-state index is 10.8. The van der Waals surface area contributed by atoms with E-state index < -0.39 is 4.92 Å². The van der Waals surface area contributed by atoms with E-state index >= 15 is 0 Å². The van der Waals surface area contributed by atoms with Gasteiger partial charge in [-0.15, -0.1) is 0 Å². The third-order valence-electron chi connectivity index (χ3n) is 1.79. The number of hydrogen-bond acceptors (Lipinski definition) is 7. The molecule has 7 nitrogen and oxygen atoms in total. The number of nitrogen functional groups attached to an aromatic ring is 1. The molecule has 0 aliphatic carbocycles. The van der Waals surface area contributed by atoms with Crippen molar-refractivity contribution in [1.29, 1.82) is 0 Å². The van der Waals surface area contributed by atoms with Crippen LogP contribution in [0.25, 0.3) is 0 Å². The number of nitrogens with zero attached hydrogens (tertiary/aromatic N) is 4. The Balaban J connectivity index is 2.37. The number of aromatic nitrogens is 3. The van der Waals surface area contributed by atoms with Gasteiger partial charge in [0, 0.05) is 6.20 Å². The van der Waals surface area contributed by atoms with Gasteiger partial charge in [-0.1, -0.05) is 6.07 Å². The van der Waals surface area contributed by atoms with Crippen LogP contribution in [-0.4, -0.2) is 19.9 Å². The van der Waals surface area contributed by atoms with Crippen LogP contribution in [0, 0.1) is 10.1 Å². The molecule has 17 heavy (non-hydrogen) atoms. The molecule has 2 aromatic rings. The number of hydrogen-bond donors (Lipinski definition) is 1. The summed E-state index contributed by atoms with van der Waals surface area (Å²) in [6.07, 6.45) is 2.69. The molecule has 2 rings (SSSR count). The largest absolute Gasteiger partial charge is 0.368 e. The second kappa shape index (κ2) is 4.74. The van der Waals surface area contributed by atoms with E-state index in [1.165, 1.54) is 0 Å². The molecule has 2 N–H and O–H groups in total. The van der Waals surface area contributed by atoms with Crippen LogP contribution in [0.2, 0.25) is 0 Å². The van der Waals surface area contributed by atoms with E-state index in [1.807, 2.05) is 0 Å². The molecule has 0 amide bonds. The van der Waals surface area contributed by atoms with Gasteiger partial charge in [0.05, 0.1) is 4.92 Å². The van der Waals surface area contributed by atoms with E-state index in [-0.39, 0.29) is 16.7 Å². The third-order valence-corrected chi connectivity index (χ3v) is 2.73. The molecule has 0 unspecified atom stereocenters. The van der Waals surface area contributed by atoms with Crippen LogP contribution in [0.3, 0.4) is 0 Å². The zero-order valence-corrected chi connectivity index (χ0v) is 9.29. The molecule has 0 saturated carbocycles. The number of anilines is 1. The fourth-order valence-electron chi connectivity index (χ4n) is 1.08. The van der Waals surface area contributed by atoms with E-state index in [0.29, 0.717) is 5.03 Å². The van der Waals surface area contributed by atoms with Crippen LogP contribution in [-0.2, 0) is 0 Å². The Morgan fingerprint density at radius 1 is 1.35 bits per heavy atom. The summed E-state index contributed by atoms with van der Waals surface area (Å²) >= 11 is 1.07. The van der Waals surface area contributed by atoms with Crippen molar-refractivity contribution < 1.29 is 4.92 Å². The Morgan fingerprint density at radius 2 is 2.18 bits per heavy atom. The highest BCUT2D eigenvalue weighted by Gasteiger charge is 2.18. The summed E-state index contributed by atoms with van der Waals surface area (Å²) in [5.74, 6) is -0.00553. The second-order valence-electron chi connectivity index (χ2n) is 2.95. The highest BCUT2D eigenvalue weighted by molar-refractivity contribution is 7.99. The van der Waals surface area contributed by atoms with Gasteiger partial charge in [-0.2, -0.15) is 4.98 Å². The zero-order valence-electron chi connectivity index (χ0n) is 8.48. The number of pyridine rings is 1. The van der Waals surface area contributed by atoms with Gasteiger partial charge in [-0.25, -0.2) is 9.97 Å². The predicted octanol–water partition coefficient (Wildman–Crippen LogP) is 1.51. The summed E-state index contributed by atoms with van der Waals surface area (Å²) in [4.78, 5) is 21.7. The fraction of sp³-hybridized carbons (Fsp3) is 0. The SMILES string of the molecule is Nc1ncc([N+](=O)[O-])c(Sc2ccccn2)n1.